The highest BCUT2D eigenvalue weighted by molar-refractivity contribution is 6.19. The molecule has 0 spiro atoms. The van der Waals surface area contributed by atoms with E-state index in [1.54, 1.807) is 0 Å². The molecule has 1 aliphatic carbocycles. The molecule has 0 saturated carbocycles. The monoisotopic (exact) mass is 664 g/mol. The summed E-state index contributed by atoms with van der Waals surface area (Å²) in [6, 6.07) is 51.4. The Hall–Kier alpha value is -7.04. The summed E-state index contributed by atoms with van der Waals surface area (Å²) in [6.07, 6.45) is 0. The van der Waals surface area contributed by atoms with Crippen molar-refractivity contribution >= 4 is 87.8 Å². The molecule has 0 N–H and O–H groups in total. The van der Waals surface area contributed by atoms with Crippen LogP contribution in [0.2, 0.25) is 0 Å². The fraction of sp³-hybridized carbons (Fsp3) is 0. The molecule has 4 heteroatoms. The molecule has 8 aromatic carbocycles. The van der Waals surface area contributed by atoms with E-state index < -0.39 is 0 Å². The van der Waals surface area contributed by atoms with Gasteiger partial charge in [-0.2, -0.15) is 0 Å². The van der Waals surface area contributed by atoms with Gasteiger partial charge in [-0.05, 0) is 117 Å². The van der Waals surface area contributed by atoms with Gasteiger partial charge in [-0.25, -0.2) is 0 Å². The summed E-state index contributed by atoms with van der Waals surface area (Å²) in [7, 11) is 0. The van der Waals surface area contributed by atoms with Gasteiger partial charge in [0, 0.05) is 43.1 Å². The second-order valence-electron chi connectivity index (χ2n) is 14.0. The van der Waals surface area contributed by atoms with Gasteiger partial charge < -0.3 is 17.7 Å². The van der Waals surface area contributed by atoms with Gasteiger partial charge >= 0.3 is 0 Å². The average molecular weight is 665 g/mol. The Morgan fingerprint density at radius 2 is 0.404 bits per heavy atom. The Labute approximate surface area is 294 Å². The molecule has 52 heavy (non-hydrogen) atoms. The quantitative estimate of drug-likeness (QED) is 0.162. The first-order chi connectivity index (χ1) is 25.7. The van der Waals surface area contributed by atoms with Crippen molar-refractivity contribution in [1.82, 2.24) is 0 Å². The number of hydrogen-bond donors (Lipinski definition) is 0. The molecular formula is C48H24O4. The molecule has 0 fully saturated rings. The third-order valence-corrected chi connectivity index (χ3v) is 11.2. The smallest absolute Gasteiger partial charge is 0.136 e. The maximum Gasteiger partial charge on any atom is 0.136 e. The van der Waals surface area contributed by atoms with Gasteiger partial charge in [-0.1, -0.05) is 72.8 Å². The molecule has 13 rings (SSSR count). The summed E-state index contributed by atoms with van der Waals surface area (Å²) in [5.41, 5.74) is 15.7. The van der Waals surface area contributed by atoms with Crippen molar-refractivity contribution in [3.8, 4) is 44.5 Å². The molecule has 12 aromatic rings. The van der Waals surface area contributed by atoms with Crippen molar-refractivity contribution in [3.63, 3.8) is 0 Å². The van der Waals surface area contributed by atoms with Gasteiger partial charge in [0.15, 0.2) is 0 Å². The highest BCUT2D eigenvalue weighted by Gasteiger charge is 2.28. The zero-order valence-corrected chi connectivity index (χ0v) is 27.5. The van der Waals surface area contributed by atoms with Crippen LogP contribution in [0, 0.1) is 0 Å². The molecule has 0 bridgehead atoms. The maximum atomic E-state index is 6.56. The fourth-order valence-corrected chi connectivity index (χ4v) is 8.87. The SMILES string of the molecule is c1ccc2c(c1)oc1cc3c(cc12)-c1cc2c(cc1-c1cc4oc5ccccc5c4cc1-c1cc4c(cc1-3)oc1ccccc14)oc1ccccc12. The zero-order chi connectivity index (χ0) is 33.7. The van der Waals surface area contributed by atoms with Crippen LogP contribution in [0.25, 0.3) is 132 Å². The topological polar surface area (TPSA) is 52.6 Å². The first-order valence-corrected chi connectivity index (χ1v) is 17.6. The molecule has 0 unspecified atom stereocenters. The van der Waals surface area contributed by atoms with E-state index in [4.69, 9.17) is 17.7 Å². The summed E-state index contributed by atoms with van der Waals surface area (Å²) < 4.78 is 26.2. The molecule has 240 valence electrons. The molecule has 4 nitrogen and oxygen atoms in total. The molecule has 4 heterocycles. The number of hydrogen-bond acceptors (Lipinski definition) is 4. The highest BCUT2D eigenvalue weighted by Crippen LogP contribution is 2.53. The summed E-state index contributed by atoms with van der Waals surface area (Å²) in [6.45, 7) is 0. The van der Waals surface area contributed by atoms with Crippen LogP contribution in [0.1, 0.15) is 0 Å². The van der Waals surface area contributed by atoms with Gasteiger partial charge in [-0.15, -0.1) is 0 Å². The lowest BCUT2D eigenvalue weighted by Crippen LogP contribution is -1.98. The molecule has 0 aliphatic heterocycles. The second-order valence-corrected chi connectivity index (χ2v) is 14.0. The van der Waals surface area contributed by atoms with E-state index in [0.29, 0.717) is 0 Å². The largest absolute Gasteiger partial charge is 0.456 e. The lowest BCUT2D eigenvalue weighted by Gasteiger charge is -2.23. The molecule has 4 aromatic heterocycles. The fourth-order valence-electron chi connectivity index (χ4n) is 8.87. The first kappa shape index (κ1) is 26.8. The second kappa shape index (κ2) is 9.39. The van der Waals surface area contributed by atoms with E-state index in [9.17, 15) is 0 Å². The van der Waals surface area contributed by atoms with E-state index in [1.807, 2.05) is 48.5 Å². The lowest BCUT2D eigenvalue weighted by molar-refractivity contribution is 0.668. The van der Waals surface area contributed by atoms with Crippen molar-refractivity contribution in [2.45, 2.75) is 0 Å². The third-order valence-electron chi connectivity index (χ3n) is 11.2. The summed E-state index contributed by atoms with van der Waals surface area (Å²) in [5.74, 6) is 0. The number of furan rings is 4. The van der Waals surface area contributed by atoms with Crippen molar-refractivity contribution in [1.29, 1.82) is 0 Å². The Bertz CT molecular complexity index is 3060. The minimum atomic E-state index is 0.851. The van der Waals surface area contributed by atoms with E-state index in [1.165, 1.54) is 0 Å². The van der Waals surface area contributed by atoms with E-state index in [2.05, 4.69) is 97.1 Å². The van der Waals surface area contributed by atoms with Crippen LogP contribution in [0.4, 0.5) is 0 Å². The number of benzene rings is 8. The molecular weight excluding hydrogens is 641 g/mol. The van der Waals surface area contributed by atoms with Crippen LogP contribution in [0.3, 0.4) is 0 Å². The molecule has 0 amide bonds. The maximum absolute atomic E-state index is 6.56. The predicted molar refractivity (Wildman–Crippen MR) is 211 cm³/mol. The van der Waals surface area contributed by atoms with Crippen LogP contribution in [-0.4, -0.2) is 0 Å². The minimum absolute atomic E-state index is 0.851. The van der Waals surface area contributed by atoms with Crippen LogP contribution in [0.15, 0.2) is 163 Å². The first-order valence-electron chi connectivity index (χ1n) is 17.6. The van der Waals surface area contributed by atoms with Gasteiger partial charge in [0.05, 0.1) is 0 Å². The van der Waals surface area contributed by atoms with E-state index >= 15 is 0 Å². The van der Waals surface area contributed by atoms with Gasteiger partial charge in [0.25, 0.3) is 0 Å². The van der Waals surface area contributed by atoms with Crippen molar-refractivity contribution in [2.75, 3.05) is 0 Å². The molecule has 0 atom stereocenters. The van der Waals surface area contributed by atoms with Gasteiger partial charge in [0.1, 0.15) is 44.7 Å². The Morgan fingerprint density at radius 1 is 0.192 bits per heavy atom. The van der Waals surface area contributed by atoms with E-state index in [-0.39, 0.29) is 0 Å². The standard InChI is InChI=1S/C48H24O4/c1-5-13-41-25(9-1)37-17-29-30-18-38-26-10-2-6-14-42(26)50-46(38)22-34(30)36-24-48-40(28-12-4-8-16-44(28)52-48)20-32(36)31-19-39-27-11-3-7-15-43(27)51-47(39)23-35(31)33(29)21-45(37)49-41/h1-24H. The van der Waals surface area contributed by atoms with E-state index in [0.717, 1.165) is 132 Å². The molecule has 0 radical (unpaired) electrons. The van der Waals surface area contributed by atoms with Crippen LogP contribution in [0.5, 0.6) is 0 Å². The van der Waals surface area contributed by atoms with Gasteiger partial charge in [-0.3, -0.25) is 0 Å². The molecule has 1 aliphatic rings. The minimum Gasteiger partial charge on any atom is -0.456 e. The number of para-hydroxylation sites is 4. The van der Waals surface area contributed by atoms with Crippen molar-refractivity contribution < 1.29 is 17.7 Å². The van der Waals surface area contributed by atoms with Gasteiger partial charge in [0.2, 0.25) is 0 Å². The number of fused-ring (bicyclic) bond motifs is 20. The van der Waals surface area contributed by atoms with Crippen molar-refractivity contribution in [3.05, 3.63) is 146 Å². The summed E-state index contributed by atoms with van der Waals surface area (Å²) >= 11 is 0. The summed E-state index contributed by atoms with van der Waals surface area (Å²) in [5, 5.41) is 8.70. The lowest BCUT2D eigenvalue weighted by atomic mass is 9.79. The molecule has 0 saturated heterocycles. The normalized spacial score (nSPS) is 12.6. The van der Waals surface area contributed by atoms with Crippen LogP contribution in [-0.2, 0) is 0 Å². The zero-order valence-electron chi connectivity index (χ0n) is 27.5. The Morgan fingerprint density at radius 3 is 0.654 bits per heavy atom. The predicted octanol–water partition coefficient (Wildman–Crippen LogP) is 14.3. The van der Waals surface area contributed by atoms with Crippen LogP contribution >= 0.6 is 0 Å². The Balaban J connectivity index is 1.27. The third kappa shape index (κ3) is 3.41. The van der Waals surface area contributed by atoms with Crippen LogP contribution < -0.4 is 0 Å². The average Bonchev–Trinajstić information content (AvgIpc) is 3.94. The van der Waals surface area contributed by atoms with Crippen molar-refractivity contribution in [2.24, 2.45) is 0 Å². The number of rotatable bonds is 0. The highest BCUT2D eigenvalue weighted by atomic mass is 16.3. The summed E-state index contributed by atoms with van der Waals surface area (Å²) in [4.78, 5) is 0. The Kier molecular flexibility index (Phi) is 4.83.